The van der Waals surface area contributed by atoms with E-state index in [1.807, 2.05) is 6.07 Å². The van der Waals surface area contributed by atoms with Gasteiger partial charge in [-0.3, -0.25) is 24.0 Å². The van der Waals surface area contributed by atoms with Crippen molar-refractivity contribution in [2.24, 2.45) is 0 Å². The van der Waals surface area contributed by atoms with E-state index in [0.29, 0.717) is 23.5 Å². The summed E-state index contributed by atoms with van der Waals surface area (Å²) in [7, 11) is 0. The van der Waals surface area contributed by atoms with Gasteiger partial charge in [-0.25, -0.2) is 4.98 Å². The van der Waals surface area contributed by atoms with Crippen LogP contribution in [-0.2, 0) is 11.3 Å². The Kier molecular flexibility index (Phi) is 4.03. The molecule has 7 nitrogen and oxygen atoms in total. The van der Waals surface area contributed by atoms with Crippen LogP contribution in [0.3, 0.4) is 0 Å². The van der Waals surface area contributed by atoms with Crippen molar-refractivity contribution in [2.45, 2.75) is 12.6 Å². The molecular weight excluding hydrogens is 306 g/mol. The first-order valence-electron chi connectivity index (χ1n) is 8.38. The van der Waals surface area contributed by atoms with E-state index in [2.05, 4.69) is 20.1 Å². The minimum Gasteiger partial charge on any atom is -0.353 e. The lowest BCUT2D eigenvalue weighted by atomic mass is 10.1. The maximum atomic E-state index is 12.4. The minimum atomic E-state index is -0.178. The fraction of sp³-hybridized carbons (Fsp3) is 0.471. The van der Waals surface area contributed by atoms with Crippen LogP contribution in [-0.4, -0.2) is 70.6 Å². The van der Waals surface area contributed by atoms with Gasteiger partial charge >= 0.3 is 0 Å². The second kappa shape index (κ2) is 6.33. The molecule has 1 atom stereocenters. The van der Waals surface area contributed by atoms with E-state index >= 15 is 0 Å². The highest BCUT2D eigenvalue weighted by Crippen LogP contribution is 2.14. The number of amides is 1. The molecule has 1 aromatic carbocycles. The molecule has 0 aliphatic carbocycles. The second-order valence-corrected chi connectivity index (χ2v) is 6.49. The van der Waals surface area contributed by atoms with E-state index < -0.39 is 0 Å². The van der Waals surface area contributed by atoms with Crippen molar-refractivity contribution in [2.75, 3.05) is 39.3 Å². The molecule has 1 amide bonds. The van der Waals surface area contributed by atoms with E-state index in [1.54, 1.807) is 18.2 Å². The fourth-order valence-corrected chi connectivity index (χ4v) is 3.58. The Morgan fingerprint density at radius 2 is 2.00 bits per heavy atom. The summed E-state index contributed by atoms with van der Waals surface area (Å²) >= 11 is 0. The Morgan fingerprint density at radius 1 is 1.21 bits per heavy atom. The number of hydrogen-bond donors (Lipinski definition) is 1. The van der Waals surface area contributed by atoms with Crippen molar-refractivity contribution in [3.05, 3.63) is 40.9 Å². The molecule has 126 valence electrons. The van der Waals surface area contributed by atoms with Crippen LogP contribution < -0.4 is 10.9 Å². The number of carbonyl (C=O) groups is 1. The number of aromatic nitrogens is 2. The summed E-state index contributed by atoms with van der Waals surface area (Å²) in [6.45, 7) is 6.06. The van der Waals surface area contributed by atoms with Gasteiger partial charge in [-0.05, 0) is 12.1 Å². The van der Waals surface area contributed by atoms with E-state index in [4.69, 9.17) is 0 Å². The number of piperazine rings is 3. The van der Waals surface area contributed by atoms with Crippen LogP contribution in [0.2, 0.25) is 0 Å². The van der Waals surface area contributed by atoms with Crippen molar-refractivity contribution in [3.8, 4) is 0 Å². The van der Waals surface area contributed by atoms with Gasteiger partial charge in [-0.2, -0.15) is 0 Å². The molecule has 1 aromatic heterocycles. The molecule has 7 heteroatoms. The molecule has 2 bridgehead atoms. The first-order valence-corrected chi connectivity index (χ1v) is 8.38. The summed E-state index contributed by atoms with van der Waals surface area (Å²) in [6, 6.07) is 7.55. The quantitative estimate of drug-likeness (QED) is 0.821. The van der Waals surface area contributed by atoms with Gasteiger partial charge in [-0.15, -0.1) is 0 Å². The zero-order valence-electron chi connectivity index (χ0n) is 13.5. The van der Waals surface area contributed by atoms with E-state index in [-0.39, 0.29) is 18.0 Å². The third-order valence-corrected chi connectivity index (χ3v) is 4.97. The number of hydrogen-bond acceptors (Lipinski definition) is 5. The molecule has 1 unspecified atom stereocenters. The molecule has 5 rings (SSSR count). The predicted octanol–water partition coefficient (Wildman–Crippen LogP) is -0.487. The maximum Gasteiger partial charge on any atom is 0.261 e. The maximum absolute atomic E-state index is 12.4. The van der Waals surface area contributed by atoms with E-state index in [9.17, 15) is 9.59 Å². The van der Waals surface area contributed by atoms with E-state index in [1.165, 1.54) is 10.9 Å². The van der Waals surface area contributed by atoms with Gasteiger partial charge < -0.3 is 5.32 Å². The van der Waals surface area contributed by atoms with Crippen LogP contribution in [0.25, 0.3) is 10.9 Å². The summed E-state index contributed by atoms with van der Waals surface area (Å²) in [6.07, 6.45) is 1.45. The smallest absolute Gasteiger partial charge is 0.261 e. The largest absolute Gasteiger partial charge is 0.353 e. The second-order valence-electron chi connectivity index (χ2n) is 6.49. The van der Waals surface area contributed by atoms with Gasteiger partial charge in [0.05, 0.1) is 17.2 Å². The highest BCUT2D eigenvalue weighted by atomic mass is 16.2. The summed E-state index contributed by atoms with van der Waals surface area (Å²) < 4.78 is 1.37. The first kappa shape index (κ1) is 15.3. The molecular formula is C17H21N5O2. The molecule has 1 N–H and O–H groups in total. The molecule has 2 aromatic rings. The summed E-state index contributed by atoms with van der Waals surface area (Å²) in [5.74, 6) is -0.146. The standard InChI is InChI=1S/C17H21N5O2/c23-16(18-9-13-10-20-5-7-21(13)8-6-20)11-22-12-19-15-4-2-1-3-14(15)17(22)24/h1-4,12-13H,5-11H2,(H,18,23). The van der Waals surface area contributed by atoms with Crippen LogP contribution in [0.5, 0.6) is 0 Å². The number of carbonyl (C=O) groups excluding carboxylic acids is 1. The lowest BCUT2D eigenvalue weighted by molar-refractivity contribution is -0.122. The van der Waals surface area contributed by atoms with Crippen molar-refractivity contribution in [3.63, 3.8) is 0 Å². The summed E-state index contributed by atoms with van der Waals surface area (Å²) in [5, 5.41) is 3.50. The Labute approximate surface area is 139 Å². The van der Waals surface area contributed by atoms with Crippen LogP contribution in [0, 0.1) is 0 Å². The Balaban J connectivity index is 1.39. The van der Waals surface area contributed by atoms with Gasteiger partial charge in [0.1, 0.15) is 6.54 Å². The highest BCUT2D eigenvalue weighted by molar-refractivity contribution is 5.78. The topological polar surface area (TPSA) is 70.5 Å². The predicted molar refractivity (Wildman–Crippen MR) is 90.8 cm³/mol. The third kappa shape index (κ3) is 2.92. The molecule has 24 heavy (non-hydrogen) atoms. The Bertz CT molecular complexity index is 810. The molecule has 3 aliphatic rings. The average Bonchev–Trinajstić information content (AvgIpc) is 2.63. The monoisotopic (exact) mass is 327 g/mol. The molecule has 0 spiro atoms. The van der Waals surface area contributed by atoms with Crippen LogP contribution >= 0.6 is 0 Å². The molecule has 3 fully saturated rings. The molecule has 0 radical (unpaired) electrons. The molecule has 3 saturated heterocycles. The normalized spacial score (nSPS) is 25.8. The lowest BCUT2D eigenvalue weighted by Crippen LogP contribution is -2.63. The van der Waals surface area contributed by atoms with Gasteiger partial charge in [-0.1, -0.05) is 12.1 Å². The van der Waals surface area contributed by atoms with Crippen LogP contribution in [0.15, 0.2) is 35.4 Å². The summed E-state index contributed by atoms with van der Waals surface area (Å²) in [4.78, 5) is 33.7. The Hall–Kier alpha value is -2.25. The zero-order valence-corrected chi connectivity index (χ0v) is 13.5. The van der Waals surface area contributed by atoms with Crippen molar-refractivity contribution >= 4 is 16.8 Å². The number of para-hydroxylation sites is 1. The molecule has 3 aliphatic heterocycles. The first-order chi connectivity index (χ1) is 11.7. The Morgan fingerprint density at radius 3 is 2.75 bits per heavy atom. The third-order valence-electron chi connectivity index (χ3n) is 4.97. The van der Waals surface area contributed by atoms with Crippen molar-refractivity contribution in [1.82, 2.24) is 24.7 Å². The number of nitrogens with zero attached hydrogens (tertiary/aromatic N) is 4. The number of rotatable bonds is 4. The minimum absolute atomic E-state index is 0.00705. The van der Waals surface area contributed by atoms with Gasteiger partial charge in [0, 0.05) is 45.3 Å². The fourth-order valence-electron chi connectivity index (χ4n) is 3.58. The van der Waals surface area contributed by atoms with Crippen LogP contribution in [0.4, 0.5) is 0 Å². The number of benzene rings is 1. The number of fused-ring (bicyclic) bond motifs is 4. The number of nitrogens with one attached hydrogen (secondary N) is 1. The van der Waals surface area contributed by atoms with Gasteiger partial charge in [0.25, 0.3) is 5.56 Å². The zero-order chi connectivity index (χ0) is 16.5. The van der Waals surface area contributed by atoms with Crippen molar-refractivity contribution in [1.29, 1.82) is 0 Å². The van der Waals surface area contributed by atoms with Gasteiger partial charge in [0.2, 0.25) is 5.91 Å². The average molecular weight is 327 g/mol. The summed E-state index contributed by atoms with van der Waals surface area (Å²) in [5.41, 5.74) is 0.474. The highest BCUT2D eigenvalue weighted by Gasteiger charge is 2.31. The van der Waals surface area contributed by atoms with E-state index in [0.717, 1.165) is 32.7 Å². The van der Waals surface area contributed by atoms with Gasteiger partial charge in [0.15, 0.2) is 0 Å². The molecule has 0 saturated carbocycles. The van der Waals surface area contributed by atoms with Crippen LogP contribution in [0.1, 0.15) is 0 Å². The molecule has 4 heterocycles. The SMILES string of the molecule is O=C(Cn1cnc2ccccc2c1=O)NCC1CN2CCN1CC2. The van der Waals surface area contributed by atoms with Crippen molar-refractivity contribution < 1.29 is 4.79 Å². The lowest BCUT2D eigenvalue weighted by Gasteiger charge is -2.47.